The van der Waals surface area contributed by atoms with Crippen LogP contribution in [0, 0.1) is 6.92 Å². The van der Waals surface area contributed by atoms with Crippen molar-refractivity contribution in [3.63, 3.8) is 0 Å². The Morgan fingerprint density at radius 1 is 1.10 bits per heavy atom. The van der Waals surface area contributed by atoms with E-state index in [1.807, 2.05) is 17.7 Å². The summed E-state index contributed by atoms with van der Waals surface area (Å²) in [5.74, 6) is -0.923. The van der Waals surface area contributed by atoms with E-state index in [9.17, 15) is 9.59 Å². The zero-order valence-corrected chi connectivity index (χ0v) is 19.2. The number of benzene rings is 2. The highest BCUT2D eigenvalue weighted by atomic mass is 35.5. The number of anilines is 1. The smallest absolute Gasteiger partial charge is 0.265 e. The van der Waals surface area contributed by atoms with Gasteiger partial charge in [0.05, 0.1) is 27.7 Å². The van der Waals surface area contributed by atoms with Crippen LogP contribution >= 0.6 is 46.1 Å². The Kier molecular flexibility index (Phi) is 5.94. The lowest BCUT2D eigenvalue weighted by molar-refractivity contribution is 0.0998. The zero-order chi connectivity index (χ0) is 22.3. The largest absolute Gasteiger partial charge is 0.366 e. The van der Waals surface area contributed by atoms with Crippen molar-refractivity contribution in [1.29, 1.82) is 0 Å². The van der Waals surface area contributed by atoms with Crippen LogP contribution in [0.5, 0.6) is 0 Å². The number of aromatic nitrogens is 2. The lowest BCUT2D eigenvalue weighted by Gasteiger charge is -2.07. The molecule has 158 valence electrons. The summed E-state index contributed by atoms with van der Waals surface area (Å²) in [5, 5.41) is 9.55. The molecular formula is C21H15Cl3N4O2S. The lowest BCUT2D eigenvalue weighted by atomic mass is 10.2. The fourth-order valence-corrected chi connectivity index (χ4v) is 4.93. The van der Waals surface area contributed by atoms with Gasteiger partial charge in [-0.25, -0.2) is 0 Å². The van der Waals surface area contributed by atoms with Crippen LogP contribution in [-0.4, -0.2) is 21.6 Å². The Morgan fingerprint density at radius 3 is 2.55 bits per heavy atom. The molecule has 0 fully saturated rings. The summed E-state index contributed by atoms with van der Waals surface area (Å²) < 4.78 is 1.82. The second kappa shape index (κ2) is 8.51. The quantitative estimate of drug-likeness (QED) is 0.370. The molecule has 0 spiro atoms. The van der Waals surface area contributed by atoms with Crippen molar-refractivity contribution in [2.75, 3.05) is 5.32 Å². The number of nitrogens with one attached hydrogen (secondary N) is 1. The van der Waals surface area contributed by atoms with Crippen LogP contribution < -0.4 is 11.1 Å². The molecule has 0 aliphatic heterocycles. The minimum Gasteiger partial charge on any atom is -0.366 e. The molecule has 6 nitrogen and oxygen atoms in total. The molecule has 0 saturated heterocycles. The average molecular weight is 494 g/mol. The third kappa shape index (κ3) is 4.41. The van der Waals surface area contributed by atoms with Gasteiger partial charge in [-0.05, 0) is 48.9 Å². The molecule has 2 aromatic heterocycles. The molecule has 0 aliphatic carbocycles. The fraction of sp³-hybridized carbons (Fsp3) is 0.0952. The van der Waals surface area contributed by atoms with Crippen LogP contribution in [0.15, 0.2) is 42.5 Å². The summed E-state index contributed by atoms with van der Waals surface area (Å²) >= 11 is 19.7. The maximum absolute atomic E-state index is 12.8. The van der Waals surface area contributed by atoms with Gasteiger partial charge in [-0.2, -0.15) is 5.10 Å². The summed E-state index contributed by atoms with van der Waals surface area (Å²) in [6.07, 6.45) is 0. The number of carbonyl (C=O) groups excluding carboxylic acids is 2. The van der Waals surface area contributed by atoms with Crippen molar-refractivity contribution in [2.24, 2.45) is 5.73 Å². The first-order valence-corrected chi connectivity index (χ1v) is 11.0. The molecule has 0 atom stereocenters. The summed E-state index contributed by atoms with van der Waals surface area (Å²) in [7, 11) is 0. The number of hydrogen-bond acceptors (Lipinski definition) is 4. The standard InChI is InChI=1S/C21H15Cl3N4O2S/c1-10-15-8-18(20(30)26-13-4-5-14(19(25)29)17(24)7-13)31-21(15)28(27-10)9-11-2-3-12(22)6-16(11)23/h2-8H,9H2,1H3,(H2,25,29)(H,26,30). The van der Waals surface area contributed by atoms with E-state index in [1.165, 1.54) is 23.5 Å². The number of hydrogen-bond donors (Lipinski definition) is 2. The van der Waals surface area contributed by atoms with Gasteiger partial charge in [-0.1, -0.05) is 40.9 Å². The maximum Gasteiger partial charge on any atom is 0.265 e. The van der Waals surface area contributed by atoms with Gasteiger partial charge < -0.3 is 11.1 Å². The predicted molar refractivity (Wildman–Crippen MR) is 126 cm³/mol. The molecule has 0 aliphatic rings. The van der Waals surface area contributed by atoms with E-state index in [1.54, 1.807) is 24.3 Å². The molecule has 2 aromatic carbocycles. The van der Waals surface area contributed by atoms with Crippen molar-refractivity contribution in [3.05, 3.63) is 79.2 Å². The van der Waals surface area contributed by atoms with Crippen LogP contribution in [0.25, 0.3) is 10.2 Å². The summed E-state index contributed by atoms with van der Waals surface area (Å²) in [5.41, 5.74) is 7.59. The summed E-state index contributed by atoms with van der Waals surface area (Å²) in [6, 6.07) is 11.7. The third-order valence-corrected chi connectivity index (χ3v) is 6.71. The van der Waals surface area contributed by atoms with Crippen LogP contribution in [0.1, 0.15) is 31.3 Å². The lowest BCUT2D eigenvalue weighted by Crippen LogP contribution is -2.13. The number of aryl methyl sites for hydroxylation is 1. The van der Waals surface area contributed by atoms with Crippen molar-refractivity contribution in [2.45, 2.75) is 13.5 Å². The second-order valence-electron chi connectivity index (χ2n) is 6.82. The van der Waals surface area contributed by atoms with Gasteiger partial charge in [0.2, 0.25) is 5.91 Å². The first-order chi connectivity index (χ1) is 14.7. The summed E-state index contributed by atoms with van der Waals surface area (Å²) in [4.78, 5) is 25.5. The molecule has 2 amide bonds. The Morgan fingerprint density at radius 2 is 1.87 bits per heavy atom. The highest BCUT2D eigenvalue weighted by Gasteiger charge is 2.18. The van der Waals surface area contributed by atoms with Crippen molar-refractivity contribution in [1.82, 2.24) is 9.78 Å². The van der Waals surface area contributed by atoms with Crippen LogP contribution in [-0.2, 0) is 6.54 Å². The minimum absolute atomic E-state index is 0.174. The Balaban J connectivity index is 1.60. The second-order valence-corrected chi connectivity index (χ2v) is 9.10. The molecule has 2 heterocycles. The Bertz CT molecular complexity index is 1350. The number of rotatable bonds is 5. The van der Waals surface area contributed by atoms with Gasteiger partial charge in [0.25, 0.3) is 5.91 Å². The predicted octanol–water partition coefficient (Wildman–Crippen LogP) is 5.77. The van der Waals surface area contributed by atoms with Crippen LogP contribution in [0.2, 0.25) is 15.1 Å². The first kappa shape index (κ1) is 21.6. The molecule has 0 saturated carbocycles. The molecule has 0 unspecified atom stereocenters. The molecule has 3 N–H and O–H groups in total. The number of carbonyl (C=O) groups is 2. The van der Waals surface area contributed by atoms with Crippen LogP contribution in [0.3, 0.4) is 0 Å². The topological polar surface area (TPSA) is 90.0 Å². The number of nitrogens with two attached hydrogens (primary N) is 1. The summed E-state index contributed by atoms with van der Waals surface area (Å²) in [6.45, 7) is 2.34. The van der Waals surface area contributed by atoms with E-state index in [-0.39, 0.29) is 16.5 Å². The fourth-order valence-electron chi connectivity index (χ4n) is 3.13. The van der Waals surface area contributed by atoms with E-state index < -0.39 is 5.91 Å². The van der Waals surface area contributed by atoms with Gasteiger partial charge in [0, 0.05) is 21.1 Å². The average Bonchev–Trinajstić information content (AvgIpc) is 3.25. The SMILES string of the molecule is Cc1nn(Cc2ccc(Cl)cc2Cl)c2sc(C(=O)Nc3ccc(C(N)=O)c(Cl)c3)cc12. The highest BCUT2D eigenvalue weighted by molar-refractivity contribution is 7.20. The molecule has 4 aromatic rings. The molecule has 10 heteroatoms. The van der Waals surface area contributed by atoms with Gasteiger partial charge in [-0.3, -0.25) is 14.3 Å². The third-order valence-electron chi connectivity index (χ3n) is 4.66. The highest BCUT2D eigenvalue weighted by Crippen LogP contribution is 2.31. The monoisotopic (exact) mass is 492 g/mol. The van der Waals surface area contributed by atoms with Crippen molar-refractivity contribution in [3.8, 4) is 0 Å². The maximum atomic E-state index is 12.8. The van der Waals surface area contributed by atoms with E-state index in [0.717, 1.165) is 21.5 Å². The number of amides is 2. The molecular weight excluding hydrogens is 479 g/mol. The number of halogens is 3. The number of fused-ring (bicyclic) bond motifs is 1. The molecule has 31 heavy (non-hydrogen) atoms. The van der Waals surface area contributed by atoms with Gasteiger partial charge in [0.15, 0.2) is 0 Å². The van der Waals surface area contributed by atoms with E-state index in [0.29, 0.717) is 27.2 Å². The van der Waals surface area contributed by atoms with Crippen LogP contribution in [0.4, 0.5) is 5.69 Å². The van der Waals surface area contributed by atoms with Gasteiger partial charge >= 0.3 is 0 Å². The number of primary amides is 1. The normalized spacial score (nSPS) is 11.1. The first-order valence-electron chi connectivity index (χ1n) is 9.04. The number of thiophene rings is 1. The van der Waals surface area contributed by atoms with E-state index in [4.69, 9.17) is 40.5 Å². The van der Waals surface area contributed by atoms with Crippen molar-refractivity contribution < 1.29 is 9.59 Å². The number of nitrogens with zero attached hydrogens (tertiary/aromatic N) is 2. The van der Waals surface area contributed by atoms with E-state index in [2.05, 4.69) is 10.4 Å². The Hall–Kier alpha value is -2.58. The molecule has 0 bridgehead atoms. The minimum atomic E-state index is -0.631. The zero-order valence-electron chi connectivity index (χ0n) is 16.1. The Labute approximate surface area is 196 Å². The van der Waals surface area contributed by atoms with Gasteiger partial charge in [0.1, 0.15) is 4.83 Å². The van der Waals surface area contributed by atoms with Crippen molar-refractivity contribution >= 4 is 73.9 Å². The molecule has 0 radical (unpaired) electrons. The molecule has 4 rings (SSSR count). The van der Waals surface area contributed by atoms with E-state index >= 15 is 0 Å². The van der Waals surface area contributed by atoms with Gasteiger partial charge in [-0.15, -0.1) is 11.3 Å².